The van der Waals surface area contributed by atoms with Crippen LogP contribution >= 0.6 is 0 Å². The minimum absolute atomic E-state index is 0.171. The smallest absolute Gasteiger partial charge is 0.288 e. The lowest BCUT2D eigenvalue weighted by molar-refractivity contribution is -0.385. The van der Waals surface area contributed by atoms with Gasteiger partial charge < -0.3 is 20.9 Å². The van der Waals surface area contributed by atoms with Crippen LogP contribution in [0.4, 0.5) is 11.5 Å². The molecule has 0 radical (unpaired) electrons. The van der Waals surface area contributed by atoms with E-state index in [-0.39, 0.29) is 17.1 Å². The van der Waals surface area contributed by atoms with E-state index in [9.17, 15) is 15.2 Å². The van der Waals surface area contributed by atoms with Crippen molar-refractivity contribution >= 4 is 17.3 Å². The Kier molecular flexibility index (Phi) is 3.94. The van der Waals surface area contributed by atoms with Gasteiger partial charge in [0.05, 0.1) is 16.1 Å². The van der Waals surface area contributed by atoms with E-state index in [4.69, 9.17) is 10.9 Å². The largest absolute Gasteiger partial charge is 0.409 e. The van der Waals surface area contributed by atoms with Crippen LogP contribution in [0.1, 0.15) is 25.3 Å². The van der Waals surface area contributed by atoms with Crippen molar-refractivity contribution in [2.45, 2.75) is 25.4 Å². The third-order valence-corrected chi connectivity index (χ3v) is 3.42. The summed E-state index contributed by atoms with van der Waals surface area (Å²) >= 11 is 0. The number of rotatable bonds is 3. The van der Waals surface area contributed by atoms with E-state index in [2.05, 4.69) is 10.1 Å². The van der Waals surface area contributed by atoms with Gasteiger partial charge in [0.25, 0.3) is 5.69 Å². The lowest BCUT2D eigenvalue weighted by atomic mass is 9.95. The van der Waals surface area contributed by atoms with E-state index < -0.39 is 10.5 Å². The molecule has 2 rings (SSSR count). The highest BCUT2D eigenvalue weighted by Gasteiger charge is 2.31. The van der Waals surface area contributed by atoms with Gasteiger partial charge in [-0.1, -0.05) is 5.16 Å². The zero-order chi connectivity index (χ0) is 15.6. The molecule has 1 saturated heterocycles. The van der Waals surface area contributed by atoms with Crippen molar-refractivity contribution in [3.8, 4) is 0 Å². The van der Waals surface area contributed by atoms with Crippen molar-refractivity contribution in [1.29, 1.82) is 0 Å². The van der Waals surface area contributed by atoms with Crippen molar-refractivity contribution in [3.63, 3.8) is 0 Å². The minimum Gasteiger partial charge on any atom is -0.409 e. The topological polar surface area (TPSA) is 138 Å². The Morgan fingerprint density at radius 2 is 2.38 bits per heavy atom. The molecular weight excluding hydrogens is 278 g/mol. The maximum Gasteiger partial charge on any atom is 0.288 e. The molecule has 0 amide bonds. The SMILES string of the molecule is CC1(O)CCCN(c2ncc([N+](=O)[O-])cc2C(N)=NO)C1. The van der Waals surface area contributed by atoms with Crippen LogP contribution in [-0.4, -0.2) is 44.7 Å². The molecule has 1 fully saturated rings. The first-order chi connectivity index (χ1) is 9.84. The van der Waals surface area contributed by atoms with Crippen LogP contribution in [0.5, 0.6) is 0 Å². The molecule has 9 heteroatoms. The van der Waals surface area contributed by atoms with E-state index in [0.29, 0.717) is 25.3 Å². The molecule has 1 unspecified atom stereocenters. The summed E-state index contributed by atoms with van der Waals surface area (Å²) in [4.78, 5) is 16.1. The van der Waals surface area contributed by atoms with Gasteiger partial charge in [-0.25, -0.2) is 4.98 Å². The van der Waals surface area contributed by atoms with Crippen molar-refractivity contribution in [3.05, 3.63) is 27.9 Å². The van der Waals surface area contributed by atoms with Crippen LogP contribution in [0.25, 0.3) is 0 Å². The van der Waals surface area contributed by atoms with Crippen LogP contribution in [0.2, 0.25) is 0 Å². The Morgan fingerprint density at radius 1 is 1.67 bits per heavy atom. The molecule has 1 aromatic heterocycles. The third kappa shape index (κ3) is 3.19. The van der Waals surface area contributed by atoms with Crippen molar-refractivity contribution in [1.82, 2.24) is 4.98 Å². The third-order valence-electron chi connectivity index (χ3n) is 3.42. The number of amidine groups is 1. The Balaban J connectivity index is 2.45. The molecule has 4 N–H and O–H groups in total. The summed E-state index contributed by atoms with van der Waals surface area (Å²) in [6.45, 7) is 2.67. The number of aliphatic hydroxyl groups is 1. The molecule has 0 saturated carbocycles. The average Bonchev–Trinajstić information content (AvgIpc) is 2.44. The molecule has 1 aromatic rings. The van der Waals surface area contributed by atoms with Crippen LogP contribution < -0.4 is 10.6 Å². The number of β-amino-alcohol motifs (C(OH)–C–C–N with tert-alkyl or cyclic N) is 1. The monoisotopic (exact) mass is 295 g/mol. The highest BCUT2D eigenvalue weighted by Crippen LogP contribution is 2.28. The van der Waals surface area contributed by atoms with E-state index >= 15 is 0 Å². The predicted octanol–water partition coefficient (Wildman–Crippen LogP) is 0.436. The van der Waals surface area contributed by atoms with Crippen LogP contribution in [0.3, 0.4) is 0 Å². The number of pyridine rings is 1. The van der Waals surface area contributed by atoms with Gasteiger partial charge in [0, 0.05) is 19.2 Å². The minimum atomic E-state index is -0.871. The maximum absolute atomic E-state index is 10.8. The van der Waals surface area contributed by atoms with Crippen molar-refractivity contribution in [2.75, 3.05) is 18.0 Å². The summed E-state index contributed by atoms with van der Waals surface area (Å²) in [5.41, 5.74) is 4.64. The van der Waals surface area contributed by atoms with Gasteiger partial charge in [0.15, 0.2) is 5.84 Å². The molecule has 114 valence electrons. The zero-order valence-electron chi connectivity index (χ0n) is 11.6. The molecule has 1 atom stereocenters. The number of piperidine rings is 1. The maximum atomic E-state index is 10.8. The number of oxime groups is 1. The molecule has 0 spiro atoms. The molecule has 0 aliphatic carbocycles. The molecule has 0 aromatic carbocycles. The highest BCUT2D eigenvalue weighted by molar-refractivity contribution is 6.02. The zero-order valence-corrected chi connectivity index (χ0v) is 11.6. The van der Waals surface area contributed by atoms with E-state index in [0.717, 1.165) is 12.6 Å². The highest BCUT2D eigenvalue weighted by atomic mass is 16.6. The van der Waals surface area contributed by atoms with Crippen LogP contribution in [0, 0.1) is 10.1 Å². The second-order valence-electron chi connectivity index (χ2n) is 5.33. The number of anilines is 1. The van der Waals surface area contributed by atoms with Gasteiger partial charge in [-0.05, 0) is 19.8 Å². The first-order valence-electron chi connectivity index (χ1n) is 6.44. The number of hydrogen-bond acceptors (Lipinski definition) is 7. The standard InChI is InChI=1S/C12H17N5O4/c1-12(18)3-2-4-16(7-12)11-9(10(13)15-19)5-8(6-14-11)17(20)21/h5-6,18-19H,2-4,7H2,1H3,(H2,13,15). The fraction of sp³-hybridized carbons (Fsp3) is 0.500. The number of nitro groups is 1. The first-order valence-corrected chi connectivity index (χ1v) is 6.44. The number of aromatic nitrogens is 1. The Hall–Kier alpha value is -2.42. The van der Waals surface area contributed by atoms with Gasteiger partial charge in [0.2, 0.25) is 0 Å². The average molecular weight is 295 g/mol. The lowest BCUT2D eigenvalue weighted by Gasteiger charge is -2.38. The fourth-order valence-electron chi connectivity index (χ4n) is 2.44. The van der Waals surface area contributed by atoms with E-state index in [1.54, 1.807) is 11.8 Å². The van der Waals surface area contributed by atoms with Crippen LogP contribution in [0.15, 0.2) is 17.4 Å². The molecule has 1 aliphatic rings. The quantitative estimate of drug-likeness (QED) is 0.242. The number of nitrogens with zero attached hydrogens (tertiary/aromatic N) is 4. The summed E-state index contributed by atoms with van der Waals surface area (Å²) in [5.74, 6) is 0.0993. The summed E-state index contributed by atoms with van der Waals surface area (Å²) in [6.07, 6.45) is 2.53. The summed E-state index contributed by atoms with van der Waals surface area (Å²) in [7, 11) is 0. The lowest BCUT2D eigenvalue weighted by Crippen LogP contribution is -2.47. The normalized spacial score (nSPS) is 23.1. The van der Waals surface area contributed by atoms with Crippen molar-refractivity contribution in [2.24, 2.45) is 10.9 Å². The Morgan fingerprint density at radius 3 is 2.95 bits per heavy atom. The second kappa shape index (κ2) is 5.52. The molecular formula is C12H17N5O4. The predicted molar refractivity (Wildman–Crippen MR) is 75.5 cm³/mol. The van der Waals surface area contributed by atoms with Gasteiger partial charge >= 0.3 is 0 Å². The van der Waals surface area contributed by atoms with Gasteiger partial charge in [-0.3, -0.25) is 10.1 Å². The molecule has 21 heavy (non-hydrogen) atoms. The number of nitrogens with two attached hydrogens (primary N) is 1. The first kappa shape index (κ1) is 15.0. The van der Waals surface area contributed by atoms with E-state index in [1.807, 2.05) is 0 Å². The summed E-state index contributed by atoms with van der Waals surface area (Å²) in [5, 5.41) is 32.7. The van der Waals surface area contributed by atoms with Crippen molar-refractivity contribution < 1.29 is 15.2 Å². The second-order valence-corrected chi connectivity index (χ2v) is 5.33. The Labute approximate surface area is 120 Å². The molecule has 1 aliphatic heterocycles. The van der Waals surface area contributed by atoms with E-state index in [1.165, 1.54) is 6.07 Å². The Bertz CT molecular complexity index is 587. The van der Waals surface area contributed by atoms with Gasteiger partial charge in [0.1, 0.15) is 12.0 Å². The summed E-state index contributed by atoms with van der Waals surface area (Å²) < 4.78 is 0. The van der Waals surface area contributed by atoms with Gasteiger partial charge in [-0.2, -0.15) is 0 Å². The molecule has 0 bridgehead atoms. The fourth-order valence-corrected chi connectivity index (χ4v) is 2.44. The summed E-state index contributed by atoms with van der Waals surface area (Å²) in [6, 6.07) is 1.21. The van der Waals surface area contributed by atoms with Crippen LogP contribution in [-0.2, 0) is 0 Å². The molecule has 9 nitrogen and oxygen atoms in total. The molecule has 2 heterocycles. The van der Waals surface area contributed by atoms with Gasteiger partial charge in [-0.15, -0.1) is 0 Å². The number of hydrogen-bond donors (Lipinski definition) is 3.